The van der Waals surface area contributed by atoms with Crippen LogP contribution in [0.5, 0.6) is 0 Å². The molecule has 28 heavy (non-hydrogen) atoms. The van der Waals surface area contributed by atoms with Crippen molar-refractivity contribution in [3.05, 3.63) is 81.8 Å². The molecule has 0 saturated heterocycles. The average molecular weight is 391 g/mol. The highest BCUT2D eigenvalue weighted by molar-refractivity contribution is 5.76. The van der Waals surface area contributed by atoms with Gasteiger partial charge in [0.2, 0.25) is 5.91 Å². The largest absolute Gasteiger partial charge is 0.421 e. The Kier molecular flexibility index (Phi) is 5.30. The number of aromatic nitrogens is 4. The van der Waals surface area contributed by atoms with Crippen molar-refractivity contribution in [1.29, 1.82) is 0 Å². The molecule has 2 heterocycles. The molecule has 3 aromatic rings. The third-order valence-corrected chi connectivity index (χ3v) is 3.95. The van der Waals surface area contributed by atoms with Crippen LogP contribution in [0.25, 0.3) is 0 Å². The Morgan fingerprint density at radius 1 is 1.21 bits per heavy atom. The second-order valence-electron chi connectivity index (χ2n) is 6.04. The first-order valence-electron chi connectivity index (χ1n) is 8.25. The lowest BCUT2D eigenvalue weighted by atomic mass is 10.1. The van der Waals surface area contributed by atoms with Crippen molar-refractivity contribution in [3.8, 4) is 0 Å². The van der Waals surface area contributed by atoms with E-state index in [9.17, 15) is 22.8 Å². The maximum Gasteiger partial charge on any atom is 0.421 e. The number of hydrogen-bond acceptors (Lipinski definition) is 4. The van der Waals surface area contributed by atoms with Crippen LogP contribution in [0.3, 0.4) is 0 Å². The minimum Gasteiger partial charge on any atom is -0.340 e. The molecule has 1 aromatic carbocycles. The molecule has 2 aromatic heterocycles. The van der Waals surface area contributed by atoms with Crippen LogP contribution in [-0.4, -0.2) is 25.7 Å². The molecule has 1 unspecified atom stereocenters. The van der Waals surface area contributed by atoms with E-state index < -0.39 is 35.8 Å². The van der Waals surface area contributed by atoms with Crippen LogP contribution in [0.15, 0.2) is 53.5 Å². The molecule has 0 radical (unpaired) electrons. The van der Waals surface area contributed by atoms with Crippen molar-refractivity contribution in [3.63, 3.8) is 0 Å². The number of nitrogens with one attached hydrogen (secondary N) is 2. The van der Waals surface area contributed by atoms with Gasteiger partial charge in [-0.1, -0.05) is 30.3 Å². The fourth-order valence-electron chi connectivity index (χ4n) is 2.67. The summed E-state index contributed by atoms with van der Waals surface area (Å²) in [5.74, 6) is 0.186. The van der Waals surface area contributed by atoms with Crippen molar-refractivity contribution in [2.45, 2.75) is 25.7 Å². The molecule has 1 amide bonds. The van der Waals surface area contributed by atoms with Crippen molar-refractivity contribution < 1.29 is 18.0 Å². The van der Waals surface area contributed by atoms with Crippen LogP contribution in [0, 0.1) is 6.92 Å². The molecule has 0 saturated carbocycles. The zero-order valence-electron chi connectivity index (χ0n) is 14.7. The van der Waals surface area contributed by atoms with Crippen LogP contribution >= 0.6 is 0 Å². The van der Waals surface area contributed by atoms with E-state index >= 15 is 0 Å². The van der Waals surface area contributed by atoms with Crippen molar-refractivity contribution >= 4 is 5.91 Å². The maximum absolute atomic E-state index is 12.9. The molecule has 7 nitrogen and oxygen atoms in total. The smallest absolute Gasteiger partial charge is 0.340 e. The fourth-order valence-corrected chi connectivity index (χ4v) is 2.67. The summed E-state index contributed by atoms with van der Waals surface area (Å²) in [4.78, 5) is 28.7. The molecule has 0 bridgehead atoms. The van der Waals surface area contributed by atoms with Gasteiger partial charge in [-0.25, -0.2) is 4.98 Å². The van der Waals surface area contributed by atoms with Crippen molar-refractivity contribution in [2.24, 2.45) is 0 Å². The zero-order chi connectivity index (χ0) is 20.3. The molecule has 3 rings (SSSR count). The summed E-state index contributed by atoms with van der Waals surface area (Å²) >= 11 is 0. The van der Waals surface area contributed by atoms with Gasteiger partial charge in [-0.2, -0.15) is 18.3 Å². The first-order chi connectivity index (χ1) is 13.3. The number of carbonyl (C=O) groups is 1. The summed E-state index contributed by atoms with van der Waals surface area (Å²) in [5.41, 5.74) is -1.92. The number of pyridine rings is 1. The van der Waals surface area contributed by atoms with E-state index in [1.165, 1.54) is 0 Å². The van der Waals surface area contributed by atoms with Crippen LogP contribution < -0.4 is 10.9 Å². The number of amides is 1. The Bertz CT molecular complexity index is 1030. The molecule has 10 heteroatoms. The van der Waals surface area contributed by atoms with Crippen molar-refractivity contribution in [1.82, 2.24) is 25.1 Å². The Morgan fingerprint density at radius 2 is 1.93 bits per heavy atom. The minimum absolute atomic E-state index is 0.299. The van der Waals surface area contributed by atoms with Gasteiger partial charge < -0.3 is 9.88 Å². The minimum atomic E-state index is -4.79. The summed E-state index contributed by atoms with van der Waals surface area (Å²) in [6.45, 7) is 1.12. The van der Waals surface area contributed by atoms with Gasteiger partial charge in [0.25, 0.3) is 5.56 Å². The molecule has 0 fully saturated rings. The number of H-pyrrole nitrogens is 1. The SMILES string of the molecule is Cc1nc(C(NC(=O)Cn2cccc(C(F)(F)F)c2=O)c2ccccc2)n[nH]1. The summed E-state index contributed by atoms with van der Waals surface area (Å²) in [6.07, 6.45) is -3.66. The van der Waals surface area contributed by atoms with Gasteiger partial charge in [0, 0.05) is 6.20 Å². The Morgan fingerprint density at radius 3 is 2.54 bits per heavy atom. The lowest BCUT2D eigenvalue weighted by Gasteiger charge is -2.17. The molecular weight excluding hydrogens is 375 g/mol. The first-order valence-corrected chi connectivity index (χ1v) is 8.25. The van der Waals surface area contributed by atoms with Gasteiger partial charge >= 0.3 is 6.18 Å². The number of aryl methyl sites for hydroxylation is 1. The summed E-state index contributed by atoms with van der Waals surface area (Å²) < 4.78 is 39.4. The number of rotatable bonds is 5. The second kappa shape index (κ2) is 7.67. The monoisotopic (exact) mass is 391 g/mol. The number of halogens is 3. The molecular formula is C18H16F3N5O2. The third kappa shape index (κ3) is 4.27. The maximum atomic E-state index is 12.9. The summed E-state index contributed by atoms with van der Waals surface area (Å²) in [7, 11) is 0. The molecule has 0 spiro atoms. The molecule has 0 aliphatic heterocycles. The second-order valence-corrected chi connectivity index (χ2v) is 6.04. The fraction of sp³-hybridized carbons (Fsp3) is 0.222. The van der Waals surface area contributed by atoms with Gasteiger partial charge in [0.1, 0.15) is 24.0 Å². The summed E-state index contributed by atoms with van der Waals surface area (Å²) in [6, 6.07) is 9.88. The van der Waals surface area contributed by atoms with E-state index in [0.29, 0.717) is 27.8 Å². The van der Waals surface area contributed by atoms with Crippen molar-refractivity contribution in [2.75, 3.05) is 0 Å². The molecule has 0 aliphatic carbocycles. The van der Waals surface area contributed by atoms with Crippen LogP contribution in [0.2, 0.25) is 0 Å². The lowest BCUT2D eigenvalue weighted by Crippen LogP contribution is -2.37. The molecule has 0 aliphatic rings. The van der Waals surface area contributed by atoms with Gasteiger partial charge in [0.05, 0.1) is 0 Å². The number of hydrogen-bond donors (Lipinski definition) is 2. The predicted octanol–water partition coefficient (Wildman–Crippen LogP) is 2.20. The highest BCUT2D eigenvalue weighted by Crippen LogP contribution is 2.26. The van der Waals surface area contributed by atoms with Crippen LogP contribution in [-0.2, 0) is 17.5 Å². The van der Waals surface area contributed by atoms with Gasteiger partial charge in [-0.15, -0.1) is 0 Å². The number of alkyl halides is 3. The van der Waals surface area contributed by atoms with E-state index in [1.807, 2.05) is 0 Å². The predicted molar refractivity (Wildman–Crippen MR) is 93.3 cm³/mol. The molecule has 1 atom stereocenters. The topological polar surface area (TPSA) is 92.7 Å². The van der Waals surface area contributed by atoms with Gasteiger partial charge in [-0.3, -0.25) is 14.7 Å². The van der Waals surface area contributed by atoms with E-state index in [0.717, 1.165) is 12.3 Å². The Hall–Kier alpha value is -3.43. The first kappa shape index (κ1) is 19.3. The highest BCUT2D eigenvalue weighted by Gasteiger charge is 2.34. The van der Waals surface area contributed by atoms with Gasteiger partial charge in [-0.05, 0) is 24.6 Å². The van der Waals surface area contributed by atoms with E-state index in [1.54, 1.807) is 37.3 Å². The number of benzene rings is 1. The van der Waals surface area contributed by atoms with Crippen LogP contribution in [0.4, 0.5) is 13.2 Å². The Balaban J connectivity index is 1.85. The molecule has 146 valence electrons. The van der Waals surface area contributed by atoms with E-state index in [2.05, 4.69) is 20.5 Å². The number of nitrogens with zero attached hydrogens (tertiary/aromatic N) is 3. The van der Waals surface area contributed by atoms with E-state index in [4.69, 9.17) is 0 Å². The quantitative estimate of drug-likeness (QED) is 0.697. The van der Waals surface area contributed by atoms with Crippen LogP contribution in [0.1, 0.15) is 28.8 Å². The summed E-state index contributed by atoms with van der Waals surface area (Å²) in [5, 5.41) is 9.40. The molecule has 2 N–H and O–H groups in total. The Labute approximate surface area is 157 Å². The third-order valence-electron chi connectivity index (χ3n) is 3.95. The lowest BCUT2D eigenvalue weighted by molar-refractivity contribution is -0.139. The average Bonchev–Trinajstić information content (AvgIpc) is 3.07. The number of aromatic amines is 1. The standard InChI is InChI=1S/C18H16F3N5O2/c1-11-22-16(25-24-11)15(12-6-3-2-4-7-12)23-14(27)10-26-9-5-8-13(17(26)28)18(19,20)21/h2-9,15H,10H2,1H3,(H,23,27)(H,22,24,25). The zero-order valence-corrected chi connectivity index (χ0v) is 14.7. The number of carbonyl (C=O) groups excluding carboxylic acids is 1. The highest BCUT2D eigenvalue weighted by atomic mass is 19.4. The van der Waals surface area contributed by atoms with Gasteiger partial charge in [0.15, 0.2) is 5.82 Å². The normalized spacial score (nSPS) is 12.6. The van der Waals surface area contributed by atoms with E-state index in [-0.39, 0.29) is 0 Å².